The molecule has 9 heteroatoms. The zero-order valence-corrected chi connectivity index (χ0v) is 14.9. The van der Waals surface area contributed by atoms with E-state index in [1.165, 1.54) is 18.3 Å². The van der Waals surface area contributed by atoms with Crippen LogP contribution in [0.2, 0.25) is 15.1 Å². The summed E-state index contributed by atoms with van der Waals surface area (Å²) in [5, 5.41) is 5.03. The van der Waals surface area contributed by atoms with Crippen LogP contribution < -0.4 is 10.9 Å². The molecule has 0 unspecified atom stereocenters. The van der Waals surface area contributed by atoms with Gasteiger partial charge in [-0.3, -0.25) is 20.4 Å². The lowest BCUT2D eigenvalue weighted by Gasteiger charge is -2.06. The lowest BCUT2D eigenvalue weighted by Crippen LogP contribution is -2.43. The van der Waals surface area contributed by atoms with Gasteiger partial charge in [-0.25, -0.2) is 0 Å². The highest BCUT2D eigenvalue weighted by atomic mass is 35.5. The van der Waals surface area contributed by atoms with Crippen LogP contribution in [-0.4, -0.2) is 24.6 Å². The van der Waals surface area contributed by atoms with Crippen molar-refractivity contribution in [2.24, 2.45) is 5.16 Å². The molecule has 0 aliphatic carbocycles. The number of rotatable bonds is 5. The Morgan fingerprint density at radius 2 is 1.68 bits per heavy atom. The second-order valence-corrected chi connectivity index (χ2v) is 5.96. The van der Waals surface area contributed by atoms with Gasteiger partial charge >= 0.3 is 0 Å². The third-order valence-electron chi connectivity index (χ3n) is 2.85. The predicted octanol–water partition coefficient (Wildman–Crippen LogP) is 3.46. The lowest BCUT2D eigenvalue weighted by molar-refractivity contribution is -0.126. The highest BCUT2D eigenvalue weighted by molar-refractivity contribution is 6.36. The number of hydrogen-bond donors (Lipinski definition) is 2. The monoisotopic (exact) mass is 399 g/mol. The van der Waals surface area contributed by atoms with Crippen molar-refractivity contribution in [3.8, 4) is 0 Å². The number of amides is 2. The SMILES string of the molecule is O=C(CON=Cc1ccc(Cl)cc1Cl)NNC(=O)c1ccc(Cl)cc1. The largest absolute Gasteiger partial charge is 0.386 e. The van der Waals surface area contributed by atoms with Crippen molar-refractivity contribution in [1.29, 1.82) is 0 Å². The average Bonchev–Trinajstić information content (AvgIpc) is 2.58. The second kappa shape index (κ2) is 9.27. The summed E-state index contributed by atoms with van der Waals surface area (Å²) in [7, 11) is 0. The number of nitrogens with one attached hydrogen (secondary N) is 2. The second-order valence-electron chi connectivity index (χ2n) is 4.68. The molecule has 0 atom stereocenters. The van der Waals surface area contributed by atoms with Crippen LogP contribution >= 0.6 is 34.8 Å². The van der Waals surface area contributed by atoms with E-state index < -0.39 is 11.8 Å². The quantitative estimate of drug-likeness (QED) is 0.596. The summed E-state index contributed by atoms with van der Waals surface area (Å²) in [5.74, 6) is -1.07. The fourth-order valence-corrected chi connectivity index (χ4v) is 2.22. The Hall–Kier alpha value is -2.28. The van der Waals surface area contributed by atoms with Gasteiger partial charge in [-0.1, -0.05) is 46.0 Å². The first-order chi connectivity index (χ1) is 12.0. The van der Waals surface area contributed by atoms with Gasteiger partial charge in [-0.05, 0) is 36.4 Å². The maximum absolute atomic E-state index is 11.8. The van der Waals surface area contributed by atoms with Crippen LogP contribution in [0.1, 0.15) is 15.9 Å². The minimum absolute atomic E-state index is 0.348. The summed E-state index contributed by atoms with van der Waals surface area (Å²) in [4.78, 5) is 28.2. The number of halogens is 3. The van der Waals surface area contributed by atoms with Crippen LogP contribution in [0.5, 0.6) is 0 Å². The smallest absolute Gasteiger partial charge is 0.279 e. The highest BCUT2D eigenvalue weighted by Crippen LogP contribution is 2.19. The molecule has 6 nitrogen and oxygen atoms in total. The molecule has 0 saturated carbocycles. The predicted molar refractivity (Wildman–Crippen MR) is 97.1 cm³/mol. The van der Waals surface area contributed by atoms with Crippen molar-refractivity contribution in [1.82, 2.24) is 10.9 Å². The van der Waals surface area contributed by atoms with Crippen LogP contribution in [0.25, 0.3) is 0 Å². The van der Waals surface area contributed by atoms with Crippen molar-refractivity contribution in [3.63, 3.8) is 0 Å². The lowest BCUT2D eigenvalue weighted by atomic mass is 10.2. The molecule has 2 N–H and O–H groups in total. The molecule has 0 heterocycles. The topological polar surface area (TPSA) is 79.8 Å². The van der Waals surface area contributed by atoms with Gasteiger partial charge in [0.2, 0.25) is 0 Å². The number of hydrogen-bond acceptors (Lipinski definition) is 4. The molecule has 0 aromatic heterocycles. The fourth-order valence-electron chi connectivity index (χ4n) is 1.63. The molecule has 130 valence electrons. The standard InChI is InChI=1S/C16H12Cl3N3O3/c17-12-4-1-10(2-5-12)16(24)22-21-15(23)9-25-20-8-11-3-6-13(18)7-14(11)19/h1-8H,9H2,(H,21,23)(H,22,24). The minimum atomic E-state index is -0.582. The van der Waals surface area contributed by atoms with E-state index in [1.54, 1.807) is 30.3 Å². The molecule has 2 aromatic rings. The maximum Gasteiger partial charge on any atom is 0.279 e. The zero-order valence-electron chi connectivity index (χ0n) is 12.6. The number of hydrazine groups is 1. The van der Waals surface area contributed by atoms with E-state index in [0.717, 1.165) is 0 Å². The first-order valence-corrected chi connectivity index (χ1v) is 8.04. The summed E-state index contributed by atoms with van der Waals surface area (Å²) >= 11 is 17.5. The summed E-state index contributed by atoms with van der Waals surface area (Å²) in [6, 6.07) is 11.1. The van der Waals surface area contributed by atoms with Gasteiger partial charge in [0.05, 0.1) is 11.2 Å². The molecule has 0 fully saturated rings. The molecule has 25 heavy (non-hydrogen) atoms. The zero-order chi connectivity index (χ0) is 18.2. The molecule has 0 radical (unpaired) electrons. The van der Waals surface area contributed by atoms with E-state index in [9.17, 15) is 9.59 Å². The molecule has 2 amide bonds. The highest BCUT2D eigenvalue weighted by Gasteiger charge is 2.07. The van der Waals surface area contributed by atoms with Crippen molar-refractivity contribution in [2.45, 2.75) is 0 Å². The molecule has 0 aliphatic rings. The number of nitrogens with zero attached hydrogens (tertiary/aromatic N) is 1. The molecular weight excluding hydrogens is 389 g/mol. The van der Waals surface area contributed by atoms with E-state index in [-0.39, 0.29) is 6.61 Å². The molecule has 0 spiro atoms. The molecule has 0 bridgehead atoms. The van der Waals surface area contributed by atoms with Gasteiger partial charge in [0, 0.05) is 21.2 Å². The Balaban J connectivity index is 1.74. The van der Waals surface area contributed by atoms with Gasteiger partial charge < -0.3 is 4.84 Å². The molecule has 0 aliphatic heterocycles. The average molecular weight is 401 g/mol. The summed E-state index contributed by atoms with van der Waals surface area (Å²) in [5.41, 5.74) is 5.38. The summed E-state index contributed by atoms with van der Waals surface area (Å²) in [6.07, 6.45) is 1.35. The van der Waals surface area contributed by atoms with Gasteiger partial charge in [0.15, 0.2) is 6.61 Å². The van der Waals surface area contributed by atoms with Crippen LogP contribution in [0.15, 0.2) is 47.6 Å². The third kappa shape index (κ3) is 6.26. The third-order valence-corrected chi connectivity index (χ3v) is 3.66. The number of oxime groups is 1. The van der Waals surface area contributed by atoms with Crippen molar-refractivity contribution in [2.75, 3.05) is 6.61 Å². The van der Waals surface area contributed by atoms with Crippen LogP contribution in [0.3, 0.4) is 0 Å². The Bertz CT molecular complexity index is 795. The number of carbonyl (C=O) groups excluding carboxylic acids is 2. The van der Waals surface area contributed by atoms with Crippen LogP contribution in [0.4, 0.5) is 0 Å². The number of benzene rings is 2. The van der Waals surface area contributed by atoms with Crippen LogP contribution in [0, 0.1) is 0 Å². The van der Waals surface area contributed by atoms with Crippen molar-refractivity contribution >= 4 is 52.8 Å². The van der Waals surface area contributed by atoms with Gasteiger partial charge in [0.1, 0.15) is 0 Å². The first-order valence-electron chi connectivity index (χ1n) is 6.91. The van der Waals surface area contributed by atoms with Gasteiger partial charge in [-0.2, -0.15) is 0 Å². The summed E-state index contributed by atoms with van der Waals surface area (Å²) < 4.78 is 0. The van der Waals surface area contributed by atoms with Gasteiger partial charge in [0.25, 0.3) is 11.8 Å². The Morgan fingerprint density at radius 1 is 1.00 bits per heavy atom. The van der Waals surface area contributed by atoms with E-state index in [1.807, 2.05) is 0 Å². The Labute approximate surface area is 158 Å². The molecule has 2 aromatic carbocycles. The Morgan fingerprint density at radius 3 is 2.36 bits per heavy atom. The van der Waals surface area contributed by atoms with E-state index in [0.29, 0.717) is 26.2 Å². The molecular formula is C16H12Cl3N3O3. The maximum atomic E-state index is 11.8. The normalized spacial score (nSPS) is 10.5. The van der Waals surface area contributed by atoms with Crippen molar-refractivity contribution in [3.05, 3.63) is 68.7 Å². The van der Waals surface area contributed by atoms with Crippen molar-refractivity contribution < 1.29 is 14.4 Å². The summed E-state index contributed by atoms with van der Waals surface area (Å²) in [6.45, 7) is -0.386. The molecule has 0 saturated heterocycles. The van der Waals surface area contributed by atoms with E-state index in [4.69, 9.17) is 39.6 Å². The number of carbonyl (C=O) groups is 2. The van der Waals surface area contributed by atoms with E-state index >= 15 is 0 Å². The van der Waals surface area contributed by atoms with Gasteiger partial charge in [-0.15, -0.1) is 0 Å². The minimum Gasteiger partial charge on any atom is -0.386 e. The van der Waals surface area contributed by atoms with E-state index in [2.05, 4.69) is 16.0 Å². The Kier molecular flexibility index (Phi) is 7.06. The first kappa shape index (κ1) is 19.1. The molecule has 2 rings (SSSR count). The fraction of sp³-hybridized carbons (Fsp3) is 0.0625. The van der Waals surface area contributed by atoms with Crippen LogP contribution in [-0.2, 0) is 9.63 Å².